The number of para-hydroxylation sites is 1. The van der Waals surface area contributed by atoms with Gasteiger partial charge in [0.15, 0.2) is 0 Å². The zero-order valence-corrected chi connectivity index (χ0v) is 12.4. The first-order chi connectivity index (χ1) is 10.3. The molecule has 1 fully saturated rings. The summed E-state index contributed by atoms with van der Waals surface area (Å²) in [6.07, 6.45) is 4.27. The average Bonchev–Trinajstić information content (AvgIpc) is 2.97. The molecule has 3 rings (SSSR count). The number of hydrogen-bond donors (Lipinski definition) is 3. The van der Waals surface area contributed by atoms with Gasteiger partial charge in [0.05, 0.1) is 17.7 Å². The van der Waals surface area contributed by atoms with E-state index in [1.165, 1.54) is 0 Å². The van der Waals surface area contributed by atoms with E-state index in [2.05, 4.69) is 20.6 Å². The molecule has 0 radical (unpaired) electrons. The van der Waals surface area contributed by atoms with Crippen LogP contribution < -0.4 is 10.6 Å². The van der Waals surface area contributed by atoms with Gasteiger partial charge in [-0.2, -0.15) is 4.98 Å². The minimum atomic E-state index is -0.236. The number of rotatable bonds is 5. The lowest BCUT2D eigenvalue weighted by molar-refractivity contribution is 0.214. The Morgan fingerprint density at radius 1 is 1.19 bits per heavy atom. The lowest BCUT2D eigenvalue weighted by atomic mass is 9.98. The van der Waals surface area contributed by atoms with Gasteiger partial charge in [0.1, 0.15) is 5.82 Å². The highest BCUT2D eigenvalue weighted by atomic mass is 16.3. The summed E-state index contributed by atoms with van der Waals surface area (Å²) in [6.45, 7) is 2.95. The first kappa shape index (κ1) is 14.1. The number of benzene rings is 1. The number of aromatic nitrogens is 2. The van der Waals surface area contributed by atoms with E-state index in [0.717, 1.165) is 48.9 Å². The van der Waals surface area contributed by atoms with Crippen molar-refractivity contribution in [2.45, 2.75) is 38.1 Å². The second-order valence-electron chi connectivity index (χ2n) is 5.71. The van der Waals surface area contributed by atoms with Crippen LogP contribution in [0.2, 0.25) is 0 Å². The Kier molecular flexibility index (Phi) is 3.92. The van der Waals surface area contributed by atoms with Crippen molar-refractivity contribution in [3.8, 4) is 0 Å². The number of nitrogens with one attached hydrogen (secondary N) is 2. The van der Waals surface area contributed by atoms with E-state index < -0.39 is 0 Å². The molecule has 5 nitrogen and oxygen atoms in total. The molecule has 0 amide bonds. The van der Waals surface area contributed by atoms with Gasteiger partial charge >= 0.3 is 0 Å². The number of hydrogen-bond acceptors (Lipinski definition) is 5. The quantitative estimate of drug-likeness (QED) is 0.788. The van der Waals surface area contributed by atoms with Gasteiger partial charge in [-0.1, -0.05) is 25.0 Å². The van der Waals surface area contributed by atoms with E-state index in [1.54, 1.807) is 0 Å². The van der Waals surface area contributed by atoms with Crippen molar-refractivity contribution in [2.75, 3.05) is 23.8 Å². The number of aliphatic hydroxyl groups excluding tert-OH is 1. The van der Waals surface area contributed by atoms with Gasteiger partial charge in [-0.05, 0) is 31.9 Å². The lowest BCUT2D eigenvalue weighted by Crippen LogP contribution is -2.39. The molecule has 1 aromatic heterocycles. The summed E-state index contributed by atoms with van der Waals surface area (Å²) in [5.74, 6) is 1.44. The zero-order chi connectivity index (χ0) is 14.7. The zero-order valence-electron chi connectivity index (χ0n) is 12.4. The first-order valence-electron chi connectivity index (χ1n) is 7.66. The van der Waals surface area contributed by atoms with Crippen LogP contribution in [0.3, 0.4) is 0 Å². The Labute approximate surface area is 124 Å². The molecule has 1 aliphatic rings. The van der Waals surface area contributed by atoms with Gasteiger partial charge in [0.2, 0.25) is 5.95 Å². The largest absolute Gasteiger partial charge is 0.394 e. The summed E-state index contributed by atoms with van der Waals surface area (Å²) in [7, 11) is 0. The molecule has 0 bridgehead atoms. The fourth-order valence-electron chi connectivity index (χ4n) is 3.03. The molecule has 2 aromatic rings. The highest BCUT2D eigenvalue weighted by Gasteiger charge is 2.33. The number of nitrogens with zero attached hydrogens (tertiary/aromatic N) is 2. The topological polar surface area (TPSA) is 70.1 Å². The first-order valence-corrected chi connectivity index (χ1v) is 7.66. The summed E-state index contributed by atoms with van der Waals surface area (Å²) in [5.41, 5.74) is 0.678. The summed E-state index contributed by atoms with van der Waals surface area (Å²) >= 11 is 0. The predicted molar refractivity (Wildman–Crippen MR) is 85.6 cm³/mol. The van der Waals surface area contributed by atoms with Gasteiger partial charge in [-0.3, -0.25) is 0 Å². The number of anilines is 2. The average molecular weight is 286 g/mol. The van der Waals surface area contributed by atoms with E-state index >= 15 is 0 Å². The smallest absolute Gasteiger partial charge is 0.225 e. The molecule has 1 saturated carbocycles. The van der Waals surface area contributed by atoms with Gasteiger partial charge in [-0.15, -0.1) is 0 Å². The van der Waals surface area contributed by atoms with E-state index in [9.17, 15) is 5.11 Å². The summed E-state index contributed by atoms with van der Waals surface area (Å²) < 4.78 is 0. The Hall–Kier alpha value is -1.88. The maximum absolute atomic E-state index is 9.80. The predicted octanol–water partition coefficient (Wildman–Crippen LogP) is 2.78. The Morgan fingerprint density at radius 2 is 1.95 bits per heavy atom. The second kappa shape index (κ2) is 5.85. The molecule has 0 aliphatic heterocycles. The Balaban J connectivity index is 2.03. The third-order valence-corrected chi connectivity index (χ3v) is 4.19. The third-order valence-electron chi connectivity index (χ3n) is 4.19. The molecule has 1 aliphatic carbocycles. The molecule has 5 heteroatoms. The molecule has 0 atom stereocenters. The van der Waals surface area contributed by atoms with Crippen LogP contribution in [0.4, 0.5) is 11.8 Å². The molecular weight excluding hydrogens is 264 g/mol. The molecule has 21 heavy (non-hydrogen) atoms. The highest BCUT2D eigenvalue weighted by Crippen LogP contribution is 2.34. The lowest BCUT2D eigenvalue weighted by Gasteiger charge is -2.29. The van der Waals surface area contributed by atoms with Crippen LogP contribution in [0.1, 0.15) is 32.6 Å². The van der Waals surface area contributed by atoms with Crippen LogP contribution in [0.15, 0.2) is 24.3 Å². The molecular formula is C16H22N4O. The van der Waals surface area contributed by atoms with E-state index in [0.29, 0.717) is 5.95 Å². The molecule has 1 heterocycles. The van der Waals surface area contributed by atoms with Crippen molar-refractivity contribution < 1.29 is 5.11 Å². The molecule has 3 N–H and O–H groups in total. The second-order valence-corrected chi connectivity index (χ2v) is 5.71. The molecule has 112 valence electrons. The fourth-order valence-corrected chi connectivity index (χ4v) is 3.03. The van der Waals surface area contributed by atoms with Crippen LogP contribution in [0.25, 0.3) is 10.9 Å². The van der Waals surface area contributed by atoms with Crippen molar-refractivity contribution in [3.63, 3.8) is 0 Å². The minimum absolute atomic E-state index is 0.141. The van der Waals surface area contributed by atoms with E-state index in [-0.39, 0.29) is 12.1 Å². The van der Waals surface area contributed by atoms with Crippen LogP contribution in [-0.4, -0.2) is 33.8 Å². The van der Waals surface area contributed by atoms with Gasteiger partial charge in [-0.25, -0.2) is 4.98 Å². The van der Waals surface area contributed by atoms with Crippen molar-refractivity contribution in [2.24, 2.45) is 0 Å². The Bertz CT molecular complexity index is 623. The standard InChI is InChI=1S/C16H22N4O/c1-2-17-15-18-13-8-4-3-7-12(13)14(19-15)20-16(11-21)9-5-6-10-16/h3-4,7-8,21H,2,5-6,9-11H2,1H3,(H2,17,18,19,20). The van der Waals surface area contributed by atoms with E-state index in [4.69, 9.17) is 0 Å². The van der Waals surface area contributed by atoms with Gasteiger partial charge in [0, 0.05) is 11.9 Å². The maximum Gasteiger partial charge on any atom is 0.225 e. The number of aliphatic hydroxyl groups is 1. The van der Waals surface area contributed by atoms with Crippen molar-refractivity contribution in [1.29, 1.82) is 0 Å². The van der Waals surface area contributed by atoms with Crippen LogP contribution >= 0.6 is 0 Å². The molecule has 0 unspecified atom stereocenters. The third kappa shape index (κ3) is 2.78. The number of fused-ring (bicyclic) bond motifs is 1. The van der Waals surface area contributed by atoms with Gasteiger partial charge < -0.3 is 15.7 Å². The van der Waals surface area contributed by atoms with Crippen molar-refractivity contribution >= 4 is 22.7 Å². The summed E-state index contributed by atoms with van der Waals surface area (Å²) in [6, 6.07) is 7.98. The minimum Gasteiger partial charge on any atom is -0.394 e. The molecule has 0 spiro atoms. The van der Waals surface area contributed by atoms with Crippen molar-refractivity contribution in [3.05, 3.63) is 24.3 Å². The maximum atomic E-state index is 9.80. The van der Waals surface area contributed by atoms with Gasteiger partial charge in [0.25, 0.3) is 0 Å². The van der Waals surface area contributed by atoms with Crippen LogP contribution in [0, 0.1) is 0 Å². The van der Waals surface area contributed by atoms with Crippen molar-refractivity contribution in [1.82, 2.24) is 9.97 Å². The van der Waals surface area contributed by atoms with Crippen LogP contribution in [0.5, 0.6) is 0 Å². The molecule has 1 aromatic carbocycles. The summed E-state index contributed by atoms with van der Waals surface area (Å²) in [5, 5.41) is 17.5. The van der Waals surface area contributed by atoms with Crippen LogP contribution in [-0.2, 0) is 0 Å². The summed E-state index contributed by atoms with van der Waals surface area (Å²) in [4.78, 5) is 9.13. The molecule has 0 saturated heterocycles. The normalized spacial score (nSPS) is 17.0. The van der Waals surface area contributed by atoms with E-state index in [1.807, 2.05) is 31.2 Å². The SMILES string of the molecule is CCNc1nc(NC2(CO)CCCC2)c2ccccc2n1. The monoisotopic (exact) mass is 286 g/mol. The Morgan fingerprint density at radius 3 is 2.67 bits per heavy atom. The fraction of sp³-hybridized carbons (Fsp3) is 0.500. The highest BCUT2D eigenvalue weighted by molar-refractivity contribution is 5.90.